The van der Waals surface area contributed by atoms with Gasteiger partial charge < -0.3 is 10.6 Å². The lowest BCUT2D eigenvalue weighted by molar-refractivity contribution is -0.643. The van der Waals surface area contributed by atoms with Gasteiger partial charge in [0.1, 0.15) is 0 Å². The molecule has 4 heteroatoms. The minimum atomic E-state index is 0.0438. The lowest BCUT2D eigenvalue weighted by Gasteiger charge is -2.16. The number of benzene rings is 2. The average Bonchev–Trinajstić information content (AvgIpc) is 2.55. The first-order valence-electron chi connectivity index (χ1n) is 8.43. The summed E-state index contributed by atoms with van der Waals surface area (Å²) in [4.78, 5) is 12.2. The average molecular weight is 346 g/mol. The minimum Gasteiger partial charge on any atom is -0.338 e. The molecule has 1 amide bonds. The molecule has 24 heavy (non-hydrogen) atoms. The van der Waals surface area contributed by atoms with Gasteiger partial charge in [0.2, 0.25) is 0 Å². The van der Waals surface area contributed by atoms with Gasteiger partial charge in [-0.3, -0.25) is 4.79 Å². The third kappa shape index (κ3) is 5.36. The topological polar surface area (TPSA) is 45.7 Å². The number of halogens is 1. The molecule has 128 valence electrons. The molecule has 3 N–H and O–H groups in total. The summed E-state index contributed by atoms with van der Waals surface area (Å²) in [5.74, 6) is 0.427. The molecule has 0 saturated carbocycles. The summed E-state index contributed by atoms with van der Waals surface area (Å²) < 4.78 is 0. The molecule has 0 aliphatic rings. The Balaban J connectivity index is 1.82. The normalized spacial score (nSPS) is 10.9. The Labute approximate surface area is 149 Å². The summed E-state index contributed by atoms with van der Waals surface area (Å²) in [7, 11) is 0. The highest BCUT2D eigenvalue weighted by Crippen LogP contribution is 2.27. The van der Waals surface area contributed by atoms with E-state index >= 15 is 0 Å². The first kappa shape index (κ1) is 18.5. The van der Waals surface area contributed by atoms with Crippen LogP contribution in [0.15, 0.2) is 42.5 Å². The van der Waals surface area contributed by atoms with E-state index in [1.807, 2.05) is 48.6 Å². The van der Waals surface area contributed by atoms with Crippen molar-refractivity contribution in [3.05, 3.63) is 64.2 Å². The minimum absolute atomic E-state index is 0.0438. The largest absolute Gasteiger partial charge is 0.338 e. The van der Waals surface area contributed by atoms with E-state index in [1.165, 1.54) is 11.1 Å². The molecule has 2 aromatic carbocycles. The second-order valence-electron chi connectivity index (χ2n) is 6.40. The van der Waals surface area contributed by atoms with Gasteiger partial charge in [-0.25, -0.2) is 0 Å². The number of hydrogen-bond acceptors (Lipinski definition) is 1. The number of hydrogen-bond donors (Lipinski definition) is 2. The Kier molecular flexibility index (Phi) is 6.83. The molecule has 3 nitrogen and oxygen atoms in total. The Morgan fingerprint density at radius 2 is 1.88 bits per heavy atom. The maximum absolute atomic E-state index is 12.2. The van der Waals surface area contributed by atoms with E-state index in [0.717, 1.165) is 29.2 Å². The van der Waals surface area contributed by atoms with Crippen molar-refractivity contribution in [1.29, 1.82) is 0 Å². The first-order chi connectivity index (χ1) is 11.5. The summed E-state index contributed by atoms with van der Waals surface area (Å²) in [5, 5.41) is 5.87. The van der Waals surface area contributed by atoms with Crippen LogP contribution in [0.25, 0.3) is 0 Å². The van der Waals surface area contributed by atoms with Gasteiger partial charge >= 0.3 is 0 Å². The van der Waals surface area contributed by atoms with Crippen LogP contribution in [0.1, 0.15) is 36.5 Å². The Hall–Kier alpha value is -1.84. The van der Waals surface area contributed by atoms with Crippen molar-refractivity contribution in [1.82, 2.24) is 0 Å². The van der Waals surface area contributed by atoms with Crippen LogP contribution in [0.4, 0.5) is 5.69 Å². The molecule has 0 fully saturated rings. The van der Waals surface area contributed by atoms with E-state index < -0.39 is 0 Å². The lowest BCUT2D eigenvalue weighted by atomic mass is 9.98. The number of nitrogens with one attached hydrogen (secondary N) is 1. The van der Waals surface area contributed by atoms with Gasteiger partial charge in [-0.2, -0.15) is 0 Å². The van der Waals surface area contributed by atoms with Crippen LogP contribution in [0.2, 0.25) is 5.02 Å². The highest BCUT2D eigenvalue weighted by molar-refractivity contribution is 6.30. The molecule has 2 aromatic rings. The van der Waals surface area contributed by atoms with Crippen molar-refractivity contribution >= 4 is 23.2 Å². The molecule has 0 unspecified atom stereocenters. The van der Waals surface area contributed by atoms with Crippen LogP contribution in [-0.4, -0.2) is 19.0 Å². The first-order valence-corrected chi connectivity index (χ1v) is 8.80. The quantitative estimate of drug-likeness (QED) is 0.741. The second kappa shape index (κ2) is 8.86. The maximum Gasteiger partial charge on any atom is 0.279 e. The van der Waals surface area contributed by atoms with E-state index in [2.05, 4.69) is 25.2 Å². The van der Waals surface area contributed by atoms with Gasteiger partial charge in [-0.05, 0) is 41.7 Å². The lowest BCUT2D eigenvalue weighted by Crippen LogP contribution is -2.86. The van der Waals surface area contributed by atoms with E-state index in [4.69, 9.17) is 11.6 Å². The molecule has 0 atom stereocenters. The zero-order chi connectivity index (χ0) is 17.5. The molecule has 0 saturated heterocycles. The third-order valence-electron chi connectivity index (χ3n) is 4.07. The summed E-state index contributed by atoms with van der Waals surface area (Å²) in [6.45, 7) is 7.62. The Morgan fingerprint density at radius 1 is 1.17 bits per heavy atom. The van der Waals surface area contributed by atoms with Gasteiger partial charge in [-0.1, -0.05) is 55.8 Å². The predicted molar refractivity (Wildman–Crippen MR) is 101 cm³/mol. The number of carbonyl (C=O) groups excluding carboxylic acids is 1. The van der Waals surface area contributed by atoms with Gasteiger partial charge in [0.25, 0.3) is 5.91 Å². The highest BCUT2D eigenvalue weighted by atomic mass is 35.5. The number of quaternary nitrogens is 1. The molecular formula is C20H26ClN2O+. The van der Waals surface area contributed by atoms with E-state index in [0.29, 0.717) is 12.5 Å². The number of carbonyl (C=O) groups is 1. The van der Waals surface area contributed by atoms with Crippen LogP contribution >= 0.6 is 11.6 Å². The fourth-order valence-corrected chi connectivity index (χ4v) is 2.81. The molecule has 0 aromatic heterocycles. The zero-order valence-electron chi connectivity index (χ0n) is 14.6. The monoisotopic (exact) mass is 345 g/mol. The van der Waals surface area contributed by atoms with Gasteiger partial charge in [0, 0.05) is 17.1 Å². The summed E-state index contributed by atoms with van der Waals surface area (Å²) >= 11 is 5.88. The fraction of sp³-hybridized carbons (Fsp3) is 0.350. The van der Waals surface area contributed by atoms with Crippen LogP contribution in [0.5, 0.6) is 0 Å². The number of anilines is 1. The molecule has 0 heterocycles. The summed E-state index contributed by atoms with van der Waals surface area (Å²) in [6, 6.07) is 14.0. The number of nitrogens with two attached hydrogens (primary N) is 1. The molecule has 0 spiro atoms. The standard InChI is InChI=1S/C20H25ClN2O/c1-14(2)18-6-4-5-15(3)20(18)23-19(24)13-22-12-11-16-7-9-17(21)10-8-16/h4-10,14,22H,11-13H2,1-3H3,(H,23,24)/p+1. The number of para-hydroxylation sites is 1. The zero-order valence-corrected chi connectivity index (χ0v) is 15.4. The number of amides is 1. The van der Waals surface area contributed by atoms with Crippen molar-refractivity contribution < 1.29 is 10.1 Å². The van der Waals surface area contributed by atoms with Crippen molar-refractivity contribution in [3.63, 3.8) is 0 Å². The van der Waals surface area contributed by atoms with E-state index in [-0.39, 0.29) is 5.91 Å². The van der Waals surface area contributed by atoms with Gasteiger partial charge in [0.05, 0.1) is 6.54 Å². The highest BCUT2D eigenvalue weighted by Gasteiger charge is 2.12. The van der Waals surface area contributed by atoms with Crippen LogP contribution < -0.4 is 10.6 Å². The second-order valence-corrected chi connectivity index (χ2v) is 6.84. The van der Waals surface area contributed by atoms with E-state index in [9.17, 15) is 4.79 Å². The number of rotatable bonds is 7. The molecule has 0 aliphatic carbocycles. The smallest absolute Gasteiger partial charge is 0.279 e. The molecule has 0 radical (unpaired) electrons. The molecule has 0 aliphatic heterocycles. The van der Waals surface area contributed by atoms with Crippen molar-refractivity contribution in [3.8, 4) is 0 Å². The predicted octanol–water partition coefficient (Wildman–Crippen LogP) is 3.52. The number of aryl methyl sites for hydroxylation is 1. The van der Waals surface area contributed by atoms with Crippen molar-refractivity contribution in [2.75, 3.05) is 18.4 Å². The van der Waals surface area contributed by atoms with E-state index in [1.54, 1.807) is 0 Å². The molecule has 0 bridgehead atoms. The SMILES string of the molecule is Cc1cccc(C(C)C)c1NC(=O)C[NH2+]CCc1ccc(Cl)cc1. The maximum atomic E-state index is 12.2. The van der Waals surface area contributed by atoms with Crippen LogP contribution in [-0.2, 0) is 11.2 Å². The Bertz CT molecular complexity index is 681. The summed E-state index contributed by atoms with van der Waals surface area (Å²) in [5.41, 5.74) is 4.49. The van der Waals surface area contributed by atoms with Crippen molar-refractivity contribution in [2.45, 2.75) is 33.1 Å². The fourth-order valence-electron chi connectivity index (χ4n) is 2.69. The van der Waals surface area contributed by atoms with Crippen molar-refractivity contribution in [2.24, 2.45) is 0 Å². The third-order valence-corrected chi connectivity index (χ3v) is 4.32. The van der Waals surface area contributed by atoms with Crippen LogP contribution in [0.3, 0.4) is 0 Å². The molecule has 2 rings (SSSR count). The van der Waals surface area contributed by atoms with Gasteiger partial charge in [0.15, 0.2) is 6.54 Å². The van der Waals surface area contributed by atoms with Crippen LogP contribution in [0, 0.1) is 6.92 Å². The van der Waals surface area contributed by atoms with Gasteiger partial charge in [-0.15, -0.1) is 0 Å². The summed E-state index contributed by atoms with van der Waals surface area (Å²) in [6.07, 6.45) is 0.923. The Morgan fingerprint density at radius 3 is 2.54 bits per heavy atom. The molecular weight excluding hydrogens is 320 g/mol.